The maximum absolute atomic E-state index is 12.4. The minimum atomic E-state index is -0.136. The number of fused-ring (bicyclic) bond motifs is 4. The highest BCUT2D eigenvalue weighted by atomic mass is 16.5. The number of piperazine rings is 1. The number of amides is 1. The van der Waals surface area contributed by atoms with E-state index in [2.05, 4.69) is 76.7 Å². The van der Waals surface area contributed by atoms with E-state index in [1.54, 1.807) is 18.2 Å². The molecule has 3 aromatic carbocycles. The Morgan fingerprint density at radius 3 is 2.78 bits per heavy atom. The van der Waals surface area contributed by atoms with Crippen molar-refractivity contribution in [1.82, 2.24) is 14.9 Å². The fraction of sp³-hybridized carbons (Fsp3) is 0.306. The summed E-state index contributed by atoms with van der Waals surface area (Å²) < 4.78 is 12.5. The van der Waals surface area contributed by atoms with Gasteiger partial charge in [-0.15, -0.1) is 0 Å². The van der Waals surface area contributed by atoms with Gasteiger partial charge in [0, 0.05) is 49.5 Å². The lowest BCUT2D eigenvalue weighted by molar-refractivity contribution is -0.126. The summed E-state index contributed by atoms with van der Waals surface area (Å²) in [6, 6.07) is 16.3. The van der Waals surface area contributed by atoms with Crippen LogP contribution in [0.4, 0.5) is 22.9 Å². The van der Waals surface area contributed by atoms with Gasteiger partial charge in [-0.3, -0.25) is 4.79 Å². The van der Waals surface area contributed by atoms with E-state index in [9.17, 15) is 4.79 Å². The number of anilines is 4. The van der Waals surface area contributed by atoms with E-state index in [0.29, 0.717) is 38.0 Å². The number of carbonyl (C=O) groups is 1. The average molecular weight is 603 g/mol. The van der Waals surface area contributed by atoms with Crippen molar-refractivity contribution in [1.29, 1.82) is 0 Å². The van der Waals surface area contributed by atoms with Gasteiger partial charge in [-0.2, -0.15) is 0 Å². The number of aromatic nitrogens is 2. The van der Waals surface area contributed by atoms with Gasteiger partial charge in [0.1, 0.15) is 36.0 Å². The van der Waals surface area contributed by atoms with Crippen molar-refractivity contribution in [3.8, 4) is 29.1 Å². The molecule has 1 unspecified atom stereocenters. The highest BCUT2D eigenvalue weighted by molar-refractivity contribution is 5.96. The van der Waals surface area contributed by atoms with Crippen LogP contribution in [0.2, 0.25) is 0 Å². The summed E-state index contributed by atoms with van der Waals surface area (Å²) in [5, 5.41) is 4.38. The number of carbonyl (C=O) groups excluding carboxylic acids is 1. The largest absolute Gasteiger partial charge is 0.489 e. The molecule has 3 heterocycles. The molecule has 45 heavy (non-hydrogen) atoms. The van der Waals surface area contributed by atoms with E-state index < -0.39 is 0 Å². The summed E-state index contributed by atoms with van der Waals surface area (Å²) in [5.74, 6) is 8.63. The molecule has 4 aromatic rings. The summed E-state index contributed by atoms with van der Waals surface area (Å²) in [6.07, 6.45) is 3.37. The molecule has 0 radical (unpaired) electrons. The molecule has 1 saturated heterocycles. The van der Waals surface area contributed by atoms with Crippen LogP contribution >= 0.6 is 0 Å². The van der Waals surface area contributed by atoms with Crippen LogP contribution < -0.4 is 24.6 Å². The van der Waals surface area contributed by atoms with Crippen LogP contribution in [-0.4, -0.2) is 60.1 Å². The second kappa shape index (κ2) is 12.4. The molecule has 1 amide bonds. The van der Waals surface area contributed by atoms with Gasteiger partial charge < -0.3 is 29.5 Å². The average Bonchev–Trinajstić information content (AvgIpc) is 3.04. The molecule has 1 aromatic heterocycles. The number of nitrogens with one attached hydrogen (secondary N) is 1. The molecule has 2 aliphatic rings. The summed E-state index contributed by atoms with van der Waals surface area (Å²) in [5.41, 5.74) is 5.97. The van der Waals surface area contributed by atoms with Gasteiger partial charge in [0.2, 0.25) is 0 Å². The van der Waals surface area contributed by atoms with Gasteiger partial charge >= 0.3 is 0 Å². The van der Waals surface area contributed by atoms with Crippen molar-refractivity contribution < 1.29 is 14.3 Å². The zero-order chi connectivity index (χ0) is 31.7. The van der Waals surface area contributed by atoms with Crippen LogP contribution in [0.5, 0.6) is 17.2 Å². The monoisotopic (exact) mass is 602 g/mol. The predicted octanol–water partition coefficient (Wildman–Crippen LogP) is 6.61. The Bertz CT molecular complexity index is 1840. The Labute approximate surface area is 264 Å². The molecular formula is C36H38N6O3. The lowest BCUT2D eigenvalue weighted by Gasteiger charge is -2.45. The van der Waals surface area contributed by atoms with Crippen molar-refractivity contribution in [2.45, 2.75) is 39.7 Å². The standard InChI is InChI=1S/C36H38N6O3/c1-7-9-35(43)41-14-15-42-26(20-41)21-44-34-19-30-29(18-32(34)42)36(38-22-37-30)39-25-10-13-33(24(5)16-25)45-27-11-12-31(40(6)8-2)28(17-27)23(3)4/h8,10-13,16-19,22-23,26H,2,14-15,20-21H2,1,3-6H3,(H,37,38,39). The molecule has 9 nitrogen and oxygen atoms in total. The topological polar surface area (TPSA) is 83.1 Å². The van der Waals surface area contributed by atoms with Crippen molar-refractivity contribution >= 4 is 39.7 Å². The molecule has 1 atom stereocenters. The molecule has 230 valence electrons. The van der Waals surface area contributed by atoms with Crippen LogP contribution in [0.25, 0.3) is 10.9 Å². The first-order valence-corrected chi connectivity index (χ1v) is 15.2. The van der Waals surface area contributed by atoms with Gasteiger partial charge in [0.05, 0.1) is 17.2 Å². The second-order valence-corrected chi connectivity index (χ2v) is 11.7. The van der Waals surface area contributed by atoms with Gasteiger partial charge in [0.25, 0.3) is 5.91 Å². The van der Waals surface area contributed by atoms with Gasteiger partial charge in [-0.05, 0) is 85.5 Å². The molecule has 0 aliphatic carbocycles. The number of nitrogens with zero attached hydrogens (tertiary/aromatic N) is 5. The fourth-order valence-corrected chi connectivity index (χ4v) is 5.97. The fourth-order valence-electron chi connectivity index (χ4n) is 5.97. The van der Waals surface area contributed by atoms with E-state index in [1.807, 2.05) is 49.3 Å². The van der Waals surface area contributed by atoms with Gasteiger partial charge in [-0.1, -0.05) is 26.3 Å². The Morgan fingerprint density at radius 2 is 2.02 bits per heavy atom. The summed E-state index contributed by atoms with van der Waals surface area (Å²) >= 11 is 0. The highest BCUT2D eigenvalue weighted by Gasteiger charge is 2.34. The molecule has 1 N–H and O–H groups in total. The van der Waals surface area contributed by atoms with E-state index in [-0.39, 0.29) is 11.9 Å². The van der Waals surface area contributed by atoms with E-state index >= 15 is 0 Å². The molecule has 9 heteroatoms. The van der Waals surface area contributed by atoms with Crippen LogP contribution in [0.1, 0.15) is 37.8 Å². The maximum Gasteiger partial charge on any atom is 0.298 e. The summed E-state index contributed by atoms with van der Waals surface area (Å²) in [4.78, 5) is 27.7. The molecule has 0 spiro atoms. The van der Waals surface area contributed by atoms with Crippen molar-refractivity contribution in [3.63, 3.8) is 0 Å². The first kappa shape index (κ1) is 29.8. The van der Waals surface area contributed by atoms with Crippen LogP contribution in [0, 0.1) is 18.8 Å². The zero-order valence-corrected chi connectivity index (χ0v) is 26.4. The first-order chi connectivity index (χ1) is 21.7. The zero-order valence-electron chi connectivity index (χ0n) is 26.4. The minimum Gasteiger partial charge on any atom is -0.489 e. The van der Waals surface area contributed by atoms with E-state index in [4.69, 9.17) is 9.47 Å². The molecule has 1 fully saturated rings. The third-order valence-electron chi connectivity index (χ3n) is 8.40. The lowest BCUT2D eigenvalue weighted by atomic mass is 10.00. The molecule has 0 bridgehead atoms. The van der Waals surface area contributed by atoms with Crippen molar-refractivity contribution in [2.24, 2.45) is 0 Å². The Hall–Kier alpha value is -5.23. The number of ether oxygens (including phenoxy) is 2. The van der Waals surface area contributed by atoms with Crippen LogP contribution in [0.3, 0.4) is 0 Å². The number of hydrogen-bond acceptors (Lipinski definition) is 8. The van der Waals surface area contributed by atoms with Gasteiger partial charge in [0.15, 0.2) is 0 Å². The smallest absolute Gasteiger partial charge is 0.298 e. The molecular weight excluding hydrogens is 564 g/mol. The van der Waals surface area contributed by atoms with Crippen molar-refractivity contribution in [3.05, 3.63) is 78.8 Å². The SMILES string of the molecule is C=CN(C)c1ccc(Oc2ccc(Nc3ncnc4cc5c(cc34)N3CCN(C(=O)C#CC)CC3CO5)cc2C)cc1C(C)C. The number of hydrogen-bond donors (Lipinski definition) is 1. The number of benzene rings is 3. The maximum atomic E-state index is 12.4. The minimum absolute atomic E-state index is 0.0539. The van der Waals surface area contributed by atoms with E-state index in [0.717, 1.165) is 50.8 Å². The Morgan fingerprint density at radius 1 is 1.18 bits per heavy atom. The number of aryl methyl sites for hydroxylation is 1. The predicted molar refractivity (Wildman–Crippen MR) is 180 cm³/mol. The summed E-state index contributed by atoms with van der Waals surface area (Å²) in [6.45, 7) is 14.4. The third-order valence-corrected chi connectivity index (χ3v) is 8.40. The second-order valence-electron chi connectivity index (χ2n) is 11.7. The first-order valence-electron chi connectivity index (χ1n) is 15.2. The number of rotatable bonds is 7. The molecule has 2 aliphatic heterocycles. The lowest BCUT2D eigenvalue weighted by Crippen LogP contribution is -2.58. The normalized spacial score (nSPS) is 15.4. The van der Waals surface area contributed by atoms with Gasteiger partial charge in [-0.25, -0.2) is 9.97 Å². The summed E-state index contributed by atoms with van der Waals surface area (Å²) in [7, 11) is 2.00. The Balaban J connectivity index is 1.23. The van der Waals surface area contributed by atoms with Crippen LogP contribution in [-0.2, 0) is 4.79 Å². The highest BCUT2D eigenvalue weighted by Crippen LogP contribution is 2.40. The Kier molecular flexibility index (Phi) is 8.22. The third kappa shape index (κ3) is 5.96. The molecule has 0 saturated carbocycles. The van der Waals surface area contributed by atoms with Crippen molar-refractivity contribution in [2.75, 3.05) is 48.4 Å². The molecule has 6 rings (SSSR count). The quantitative estimate of drug-likeness (QED) is 0.237. The van der Waals surface area contributed by atoms with Crippen LogP contribution in [0.15, 0.2) is 67.6 Å². The van der Waals surface area contributed by atoms with E-state index in [1.165, 1.54) is 5.56 Å².